The van der Waals surface area contributed by atoms with E-state index in [1.807, 2.05) is 6.92 Å². The highest BCUT2D eigenvalue weighted by molar-refractivity contribution is 6.30. The van der Waals surface area contributed by atoms with Crippen LogP contribution in [0.15, 0.2) is 36.4 Å². The van der Waals surface area contributed by atoms with Crippen molar-refractivity contribution < 1.29 is 23.4 Å². The lowest BCUT2D eigenvalue weighted by molar-refractivity contribution is -0.120. The number of halogens is 3. The van der Waals surface area contributed by atoms with Crippen molar-refractivity contribution in [3.05, 3.63) is 64.2 Å². The van der Waals surface area contributed by atoms with Gasteiger partial charge in [0.25, 0.3) is 0 Å². The summed E-state index contributed by atoms with van der Waals surface area (Å²) in [6.45, 7) is 2.98. The van der Waals surface area contributed by atoms with Crippen molar-refractivity contribution in [2.24, 2.45) is 0 Å². The summed E-state index contributed by atoms with van der Waals surface area (Å²) in [6.07, 6.45) is -0.507. The number of anilines is 1. The second-order valence-corrected chi connectivity index (χ2v) is 7.41. The van der Waals surface area contributed by atoms with Gasteiger partial charge < -0.3 is 20.2 Å². The molecular weight excluding hydrogens is 428 g/mol. The van der Waals surface area contributed by atoms with E-state index in [2.05, 4.69) is 10.7 Å². The van der Waals surface area contributed by atoms with E-state index < -0.39 is 23.6 Å². The third-order valence-corrected chi connectivity index (χ3v) is 4.80. The van der Waals surface area contributed by atoms with Gasteiger partial charge in [-0.3, -0.25) is 4.79 Å². The topological polar surface area (TPSA) is 73.8 Å². The number of rotatable bonds is 12. The minimum absolute atomic E-state index is 0.00110. The highest BCUT2D eigenvalue weighted by Gasteiger charge is 2.20. The molecule has 1 amide bonds. The fourth-order valence-electron chi connectivity index (χ4n) is 2.99. The van der Waals surface area contributed by atoms with Crippen LogP contribution in [0.5, 0.6) is 0 Å². The Bertz CT molecular complexity index is 870. The molecule has 1 atom stereocenters. The SMILES string of the molecule is CCCN(NC[C@H](O)c1cccc(Cl)c1)c1ccc(CC(=O)NCCOC)c(F)c1F. The van der Waals surface area contributed by atoms with Crippen molar-refractivity contribution in [2.45, 2.75) is 25.9 Å². The van der Waals surface area contributed by atoms with Gasteiger partial charge in [-0.1, -0.05) is 36.7 Å². The molecule has 0 aromatic heterocycles. The number of hydrazine groups is 1. The van der Waals surface area contributed by atoms with Crippen molar-refractivity contribution in [2.75, 3.05) is 38.4 Å². The van der Waals surface area contributed by atoms with Crippen LogP contribution in [0, 0.1) is 11.6 Å². The first-order valence-electron chi connectivity index (χ1n) is 10.0. The molecule has 2 aromatic rings. The zero-order valence-electron chi connectivity index (χ0n) is 17.6. The second-order valence-electron chi connectivity index (χ2n) is 6.98. The number of carbonyl (C=O) groups excluding carboxylic acids is 1. The quantitative estimate of drug-likeness (QED) is 0.338. The smallest absolute Gasteiger partial charge is 0.224 e. The standard InChI is InChI=1S/C22H28ClF2N3O3/c1-3-10-28(27-14-19(29)15-5-4-6-17(23)12-15)18-8-7-16(21(24)22(18)25)13-20(30)26-9-11-31-2/h4-8,12,19,27,29H,3,9-11,13-14H2,1-2H3,(H,26,30)/t19-/m0/s1. The summed E-state index contributed by atoms with van der Waals surface area (Å²) in [5.74, 6) is -2.55. The largest absolute Gasteiger partial charge is 0.387 e. The van der Waals surface area contributed by atoms with E-state index in [0.717, 1.165) is 0 Å². The Kier molecular flexibility index (Phi) is 10.1. The zero-order valence-corrected chi connectivity index (χ0v) is 18.4. The normalized spacial score (nSPS) is 11.9. The molecular formula is C22H28ClF2N3O3. The Labute approximate surface area is 186 Å². The number of amides is 1. The summed E-state index contributed by atoms with van der Waals surface area (Å²) in [5, 5.41) is 14.9. The van der Waals surface area contributed by atoms with Crippen LogP contribution in [0.25, 0.3) is 0 Å². The van der Waals surface area contributed by atoms with E-state index in [0.29, 0.717) is 36.7 Å². The summed E-state index contributed by atoms with van der Waals surface area (Å²) in [4.78, 5) is 11.9. The van der Waals surface area contributed by atoms with Gasteiger partial charge in [0, 0.05) is 37.3 Å². The fourth-order valence-corrected chi connectivity index (χ4v) is 3.19. The first-order valence-corrected chi connectivity index (χ1v) is 10.4. The molecule has 0 aliphatic rings. The molecule has 0 radical (unpaired) electrons. The van der Waals surface area contributed by atoms with Gasteiger partial charge in [0.2, 0.25) is 5.91 Å². The fraction of sp³-hybridized carbons (Fsp3) is 0.409. The van der Waals surface area contributed by atoms with Crippen LogP contribution >= 0.6 is 11.6 Å². The monoisotopic (exact) mass is 455 g/mol. The van der Waals surface area contributed by atoms with Gasteiger partial charge in [0.15, 0.2) is 11.6 Å². The van der Waals surface area contributed by atoms with Crippen molar-refractivity contribution in [1.29, 1.82) is 0 Å². The predicted octanol–water partition coefficient (Wildman–Crippen LogP) is 3.38. The van der Waals surface area contributed by atoms with Crippen LogP contribution in [-0.2, 0) is 16.0 Å². The summed E-state index contributed by atoms with van der Waals surface area (Å²) in [6, 6.07) is 9.61. The molecule has 170 valence electrons. The number of hydrogen-bond donors (Lipinski definition) is 3. The molecule has 0 bridgehead atoms. The first kappa shape index (κ1) is 25.0. The number of carbonyl (C=O) groups is 1. The van der Waals surface area contributed by atoms with Gasteiger partial charge in [0.05, 0.1) is 24.8 Å². The number of benzene rings is 2. The Morgan fingerprint density at radius 2 is 2.03 bits per heavy atom. The van der Waals surface area contributed by atoms with E-state index in [9.17, 15) is 18.7 Å². The molecule has 0 saturated heterocycles. The van der Waals surface area contributed by atoms with Crippen molar-refractivity contribution >= 4 is 23.2 Å². The molecule has 2 aromatic carbocycles. The Morgan fingerprint density at radius 1 is 1.26 bits per heavy atom. The average molecular weight is 456 g/mol. The van der Waals surface area contributed by atoms with Gasteiger partial charge in [-0.05, 0) is 30.2 Å². The summed E-state index contributed by atoms with van der Waals surface area (Å²) < 4.78 is 34.3. The maximum Gasteiger partial charge on any atom is 0.224 e. The number of nitrogens with zero attached hydrogens (tertiary/aromatic N) is 1. The van der Waals surface area contributed by atoms with Crippen LogP contribution in [-0.4, -0.2) is 44.4 Å². The molecule has 2 rings (SSSR count). The van der Waals surface area contributed by atoms with E-state index >= 15 is 0 Å². The number of aliphatic hydroxyl groups is 1. The van der Waals surface area contributed by atoms with E-state index in [1.165, 1.54) is 24.3 Å². The van der Waals surface area contributed by atoms with Gasteiger partial charge in [-0.15, -0.1) is 0 Å². The van der Waals surface area contributed by atoms with Crippen LogP contribution in [0.1, 0.15) is 30.6 Å². The lowest BCUT2D eigenvalue weighted by Crippen LogP contribution is -2.41. The molecule has 0 aliphatic heterocycles. The summed E-state index contributed by atoms with van der Waals surface area (Å²) >= 11 is 5.95. The summed E-state index contributed by atoms with van der Waals surface area (Å²) in [7, 11) is 1.50. The molecule has 3 N–H and O–H groups in total. The number of ether oxygens (including phenoxy) is 1. The minimum Gasteiger partial charge on any atom is -0.387 e. The highest BCUT2D eigenvalue weighted by Crippen LogP contribution is 2.25. The van der Waals surface area contributed by atoms with Crippen molar-refractivity contribution in [3.63, 3.8) is 0 Å². The van der Waals surface area contributed by atoms with Crippen molar-refractivity contribution in [1.82, 2.24) is 10.7 Å². The second kappa shape index (κ2) is 12.6. The van der Waals surface area contributed by atoms with Gasteiger partial charge in [-0.25, -0.2) is 14.2 Å². The van der Waals surface area contributed by atoms with Crippen LogP contribution < -0.4 is 15.8 Å². The van der Waals surface area contributed by atoms with Crippen LogP contribution in [0.3, 0.4) is 0 Å². The van der Waals surface area contributed by atoms with Gasteiger partial charge in [-0.2, -0.15) is 0 Å². The Morgan fingerprint density at radius 3 is 2.71 bits per heavy atom. The third kappa shape index (κ3) is 7.43. The number of nitrogens with one attached hydrogen (secondary N) is 2. The Hall–Kier alpha value is -2.26. The minimum atomic E-state index is -1.07. The maximum atomic E-state index is 14.8. The molecule has 31 heavy (non-hydrogen) atoms. The molecule has 0 heterocycles. The number of aliphatic hydroxyl groups excluding tert-OH is 1. The lowest BCUT2D eigenvalue weighted by atomic mass is 10.1. The number of methoxy groups -OCH3 is 1. The Balaban J connectivity index is 2.09. The summed E-state index contributed by atoms with van der Waals surface area (Å²) in [5.41, 5.74) is 3.53. The predicted molar refractivity (Wildman–Crippen MR) is 117 cm³/mol. The van der Waals surface area contributed by atoms with Crippen LogP contribution in [0.2, 0.25) is 5.02 Å². The molecule has 0 aliphatic carbocycles. The molecule has 6 nitrogen and oxygen atoms in total. The number of hydrogen-bond acceptors (Lipinski definition) is 5. The lowest BCUT2D eigenvalue weighted by Gasteiger charge is -2.27. The molecule has 0 saturated carbocycles. The van der Waals surface area contributed by atoms with E-state index in [-0.39, 0.29) is 24.2 Å². The maximum absolute atomic E-state index is 14.8. The zero-order chi connectivity index (χ0) is 22.8. The molecule has 0 unspecified atom stereocenters. The van der Waals surface area contributed by atoms with E-state index in [4.69, 9.17) is 16.3 Å². The van der Waals surface area contributed by atoms with Gasteiger partial charge in [0.1, 0.15) is 0 Å². The van der Waals surface area contributed by atoms with Crippen molar-refractivity contribution in [3.8, 4) is 0 Å². The van der Waals surface area contributed by atoms with Gasteiger partial charge >= 0.3 is 0 Å². The molecule has 9 heteroatoms. The highest BCUT2D eigenvalue weighted by atomic mass is 35.5. The first-order chi connectivity index (χ1) is 14.9. The molecule has 0 fully saturated rings. The molecule has 0 spiro atoms. The average Bonchev–Trinajstić information content (AvgIpc) is 2.75. The van der Waals surface area contributed by atoms with E-state index in [1.54, 1.807) is 24.3 Å². The third-order valence-electron chi connectivity index (χ3n) is 4.57. The van der Waals surface area contributed by atoms with Crippen LogP contribution in [0.4, 0.5) is 14.5 Å².